The molecule has 1 aromatic carbocycles. The molecule has 0 aliphatic carbocycles. The van der Waals surface area contributed by atoms with Crippen LogP contribution in [-0.4, -0.2) is 30.8 Å². The minimum absolute atomic E-state index is 0.146. The summed E-state index contributed by atoms with van der Waals surface area (Å²) in [7, 11) is 0. The van der Waals surface area contributed by atoms with Crippen LogP contribution in [0.5, 0.6) is 0 Å². The topological polar surface area (TPSA) is 42.1 Å². The van der Waals surface area contributed by atoms with Crippen molar-refractivity contribution in [3.63, 3.8) is 0 Å². The average molecular weight is 269 g/mol. The Hall–Kier alpha value is -1.82. The molecule has 6 heteroatoms. The Bertz CT molecular complexity index is 549. The van der Waals surface area contributed by atoms with Crippen LogP contribution in [-0.2, 0) is 0 Å². The predicted octanol–water partition coefficient (Wildman–Crippen LogP) is 2.56. The van der Waals surface area contributed by atoms with Crippen molar-refractivity contribution < 1.29 is 13.2 Å². The summed E-state index contributed by atoms with van der Waals surface area (Å²) in [6.07, 6.45) is -2.75. The molecule has 2 aromatic rings. The number of alkyl halides is 3. The first-order valence-electron chi connectivity index (χ1n) is 5.87. The highest BCUT2D eigenvalue weighted by atomic mass is 19.4. The van der Waals surface area contributed by atoms with Crippen LogP contribution in [0.2, 0.25) is 0 Å². The van der Waals surface area contributed by atoms with Crippen LogP contribution < -0.4 is 10.6 Å². The van der Waals surface area contributed by atoms with Crippen molar-refractivity contribution in [1.29, 1.82) is 0 Å². The summed E-state index contributed by atoms with van der Waals surface area (Å²) in [6.45, 7) is -0.710. The van der Waals surface area contributed by atoms with Crippen molar-refractivity contribution in [3.05, 3.63) is 36.5 Å². The van der Waals surface area contributed by atoms with Gasteiger partial charge >= 0.3 is 6.18 Å². The largest absolute Gasteiger partial charge is 0.405 e. The van der Waals surface area contributed by atoms with Crippen LogP contribution in [0, 0.1) is 0 Å². The number of pyridine rings is 1. The number of benzene rings is 1. The van der Waals surface area contributed by atoms with Crippen LogP contribution >= 0.6 is 0 Å². The van der Waals surface area contributed by atoms with Gasteiger partial charge < -0.3 is 10.6 Å². The second-order valence-corrected chi connectivity index (χ2v) is 4.17. The fourth-order valence-corrected chi connectivity index (χ4v) is 2.01. The minimum Gasteiger partial charge on any atom is -0.361 e. The first-order chi connectivity index (χ1) is 9.01. The van der Waals surface area contributed by atoms with Gasteiger partial charge in [0.05, 0.1) is 5.52 Å². The van der Waals surface area contributed by atoms with Crippen LogP contribution in [0.25, 0.3) is 10.9 Å². The van der Waals surface area contributed by atoms with E-state index in [1.807, 2.05) is 0 Å². The lowest BCUT2D eigenvalue weighted by molar-refractivity contribution is -0.119. The predicted molar refractivity (Wildman–Crippen MR) is 69.1 cm³/mol. The Labute approximate surface area is 108 Å². The number of hydrogen-bond donors (Lipinski definition) is 1. The molecule has 2 N–H and O–H groups in total. The maximum atomic E-state index is 12.6. The quantitative estimate of drug-likeness (QED) is 0.927. The highest BCUT2D eigenvalue weighted by Gasteiger charge is 2.31. The van der Waals surface area contributed by atoms with Crippen molar-refractivity contribution in [3.8, 4) is 0 Å². The maximum absolute atomic E-state index is 12.6. The molecule has 0 radical (unpaired) electrons. The molecule has 2 rings (SSSR count). The van der Waals surface area contributed by atoms with E-state index in [4.69, 9.17) is 5.73 Å². The first kappa shape index (κ1) is 13.6. The summed E-state index contributed by atoms with van der Waals surface area (Å²) in [4.78, 5) is 5.38. The molecule has 3 nitrogen and oxygen atoms in total. The van der Waals surface area contributed by atoms with Gasteiger partial charge in [-0.25, -0.2) is 0 Å². The summed E-state index contributed by atoms with van der Waals surface area (Å²) >= 11 is 0. The molecule has 0 saturated heterocycles. The molecule has 0 fully saturated rings. The SMILES string of the molecule is NCCN(CC(F)(F)F)c1ccnc2ccccc12. The third-order valence-corrected chi connectivity index (χ3v) is 2.74. The van der Waals surface area contributed by atoms with Crippen molar-refractivity contribution in [1.82, 2.24) is 4.98 Å². The summed E-state index contributed by atoms with van der Waals surface area (Å²) in [5.74, 6) is 0. The molecule has 0 unspecified atom stereocenters. The zero-order valence-electron chi connectivity index (χ0n) is 10.2. The lowest BCUT2D eigenvalue weighted by atomic mass is 10.1. The van der Waals surface area contributed by atoms with Gasteiger partial charge in [-0.3, -0.25) is 4.98 Å². The van der Waals surface area contributed by atoms with E-state index in [0.29, 0.717) is 16.6 Å². The maximum Gasteiger partial charge on any atom is 0.405 e. The van der Waals surface area contributed by atoms with Gasteiger partial charge in [0.1, 0.15) is 6.54 Å². The Kier molecular flexibility index (Phi) is 3.90. The Morgan fingerprint density at radius 1 is 1.16 bits per heavy atom. The molecule has 0 saturated carbocycles. The lowest BCUT2D eigenvalue weighted by Crippen LogP contribution is -2.37. The molecular weight excluding hydrogens is 255 g/mol. The molecule has 0 aliphatic heterocycles. The van der Waals surface area contributed by atoms with Crippen LogP contribution in [0.4, 0.5) is 18.9 Å². The third kappa shape index (κ3) is 3.35. The van der Waals surface area contributed by atoms with E-state index < -0.39 is 12.7 Å². The highest BCUT2D eigenvalue weighted by Crippen LogP contribution is 2.27. The van der Waals surface area contributed by atoms with Gasteiger partial charge in [0, 0.05) is 30.4 Å². The van der Waals surface area contributed by atoms with E-state index in [9.17, 15) is 13.2 Å². The Morgan fingerprint density at radius 2 is 1.89 bits per heavy atom. The summed E-state index contributed by atoms with van der Waals surface area (Å²) < 4.78 is 37.9. The standard InChI is InChI=1S/C13H14F3N3/c14-13(15,16)9-19(8-6-17)12-5-7-18-11-4-2-1-3-10(11)12/h1-5,7H,6,8-9,17H2. The van der Waals surface area contributed by atoms with Gasteiger partial charge in [0.15, 0.2) is 0 Å². The van der Waals surface area contributed by atoms with Gasteiger partial charge in [-0.15, -0.1) is 0 Å². The average Bonchev–Trinajstić information content (AvgIpc) is 2.36. The molecule has 0 amide bonds. The molecule has 0 atom stereocenters. The molecule has 1 aromatic heterocycles. The van der Waals surface area contributed by atoms with Crippen molar-refractivity contribution >= 4 is 16.6 Å². The summed E-state index contributed by atoms with van der Waals surface area (Å²) in [6, 6.07) is 8.70. The van der Waals surface area contributed by atoms with E-state index >= 15 is 0 Å². The van der Waals surface area contributed by atoms with Crippen molar-refractivity contribution in [2.75, 3.05) is 24.5 Å². The van der Waals surface area contributed by atoms with Gasteiger partial charge in [-0.05, 0) is 12.1 Å². The fraction of sp³-hybridized carbons (Fsp3) is 0.308. The number of nitrogens with two attached hydrogens (primary N) is 1. The third-order valence-electron chi connectivity index (χ3n) is 2.74. The van der Waals surface area contributed by atoms with Gasteiger partial charge in [0.2, 0.25) is 0 Å². The van der Waals surface area contributed by atoms with E-state index in [1.165, 1.54) is 11.1 Å². The van der Waals surface area contributed by atoms with Gasteiger partial charge in [-0.1, -0.05) is 18.2 Å². The van der Waals surface area contributed by atoms with E-state index in [0.717, 1.165) is 0 Å². The smallest absolute Gasteiger partial charge is 0.361 e. The van der Waals surface area contributed by atoms with Crippen LogP contribution in [0.15, 0.2) is 36.5 Å². The molecule has 0 aliphatic rings. The number of anilines is 1. The Morgan fingerprint density at radius 3 is 2.58 bits per heavy atom. The van der Waals surface area contributed by atoms with E-state index in [-0.39, 0.29) is 13.1 Å². The number of fused-ring (bicyclic) bond motifs is 1. The highest BCUT2D eigenvalue weighted by molar-refractivity contribution is 5.91. The lowest BCUT2D eigenvalue weighted by Gasteiger charge is -2.26. The molecule has 19 heavy (non-hydrogen) atoms. The monoisotopic (exact) mass is 269 g/mol. The molecule has 0 bridgehead atoms. The van der Waals surface area contributed by atoms with E-state index in [2.05, 4.69) is 4.98 Å². The number of rotatable bonds is 4. The number of para-hydroxylation sites is 1. The first-order valence-corrected chi connectivity index (χ1v) is 5.87. The van der Waals surface area contributed by atoms with Crippen molar-refractivity contribution in [2.45, 2.75) is 6.18 Å². The number of hydrogen-bond acceptors (Lipinski definition) is 3. The number of aromatic nitrogens is 1. The molecule has 1 heterocycles. The molecule has 102 valence electrons. The van der Waals surface area contributed by atoms with Gasteiger partial charge in [0.25, 0.3) is 0 Å². The molecular formula is C13H14F3N3. The zero-order chi connectivity index (χ0) is 13.9. The Balaban J connectivity index is 2.44. The second-order valence-electron chi connectivity index (χ2n) is 4.17. The normalized spacial score (nSPS) is 11.8. The molecule has 0 spiro atoms. The van der Waals surface area contributed by atoms with Gasteiger partial charge in [-0.2, -0.15) is 13.2 Å². The second kappa shape index (κ2) is 5.44. The van der Waals surface area contributed by atoms with Crippen LogP contribution in [0.1, 0.15) is 0 Å². The number of nitrogens with zero attached hydrogens (tertiary/aromatic N) is 2. The van der Waals surface area contributed by atoms with Crippen LogP contribution in [0.3, 0.4) is 0 Å². The zero-order valence-corrected chi connectivity index (χ0v) is 10.2. The minimum atomic E-state index is -4.26. The summed E-state index contributed by atoms with van der Waals surface area (Å²) in [5, 5.41) is 0.697. The fourth-order valence-electron chi connectivity index (χ4n) is 2.01. The number of halogens is 3. The summed E-state index contributed by atoms with van der Waals surface area (Å²) in [5.41, 5.74) is 6.58. The van der Waals surface area contributed by atoms with Crippen molar-refractivity contribution in [2.24, 2.45) is 5.73 Å². The van der Waals surface area contributed by atoms with E-state index in [1.54, 1.807) is 30.3 Å².